The standard InChI is InChI=1S/C41H28N4O/c1-2-45-35-18-9-8-17-34(35)43-40(45)30-14-10-13-29(25-30)26-19-21-27(22-20-26)38-32-23-24-36-39(37(32)31-15-6-7-16-33(31)42-38)44-41(46-36)28-11-4-3-5-12-28/h3-25H,2H2,1H3. The first-order valence-electron chi connectivity index (χ1n) is 15.6. The number of imidazole rings is 1. The molecule has 0 saturated carbocycles. The molecule has 0 aliphatic heterocycles. The highest BCUT2D eigenvalue weighted by Gasteiger charge is 2.18. The second kappa shape index (κ2) is 10.5. The first-order valence-corrected chi connectivity index (χ1v) is 15.6. The van der Waals surface area contributed by atoms with Gasteiger partial charge in [0.15, 0.2) is 5.58 Å². The molecule has 0 aliphatic carbocycles. The van der Waals surface area contributed by atoms with E-state index in [-0.39, 0.29) is 0 Å². The third kappa shape index (κ3) is 4.20. The summed E-state index contributed by atoms with van der Waals surface area (Å²) >= 11 is 0. The van der Waals surface area contributed by atoms with Crippen LogP contribution in [0.3, 0.4) is 0 Å². The largest absolute Gasteiger partial charge is 0.436 e. The molecule has 6 aromatic carbocycles. The molecule has 5 heteroatoms. The molecule has 3 heterocycles. The summed E-state index contributed by atoms with van der Waals surface area (Å²) in [6.45, 7) is 3.02. The van der Waals surface area contributed by atoms with Crippen LogP contribution in [0.5, 0.6) is 0 Å². The van der Waals surface area contributed by atoms with E-state index in [4.69, 9.17) is 19.4 Å². The zero-order valence-electron chi connectivity index (χ0n) is 25.2. The Morgan fingerprint density at radius 3 is 2.11 bits per heavy atom. The lowest BCUT2D eigenvalue weighted by Crippen LogP contribution is -1.97. The molecule has 3 aromatic heterocycles. The summed E-state index contributed by atoms with van der Waals surface area (Å²) in [6, 6.07) is 48.1. The number of benzene rings is 6. The summed E-state index contributed by atoms with van der Waals surface area (Å²) in [5, 5.41) is 3.17. The van der Waals surface area contributed by atoms with Gasteiger partial charge >= 0.3 is 0 Å². The van der Waals surface area contributed by atoms with Gasteiger partial charge in [0.2, 0.25) is 5.89 Å². The summed E-state index contributed by atoms with van der Waals surface area (Å²) < 4.78 is 8.54. The highest BCUT2D eigenvalue weighted by atomic mass is 16.3. The fourth-order valence-corrected chi connectivity index (χ4v) is 6.63. The summed E-state index contributed by atoms with van der Waals surface area (Å²) in [5.74, 6) is 1.61. The number of oxazole rings is 1. The number of nitrogens with zero attached hydrogens (tertiary/aromatic N) is 4. The van der Waals surface area contributed by atoms with Crippen molar-refractivity contribution in [3.8, 4) is 45.2 Å². The first kappa shape index (κ1) is 26.3. The van der Waals surface area contributed by atoms with E-state index in [1.54, 1.807) is 0 Å². The summed E-state index contributed by atoms with van der Waals surface area (Å²) in [4.78, 5) is 15.2. The van der Waals surface area contributed by atoms with E-state index in [0.29, 0.717) is 5.89 Å². The number of aromatic nitrogens is 4. The van der Waals surface area contributed by atoms with Crippen molar-refractivity contribution in [1.82, 2.24) is 19.5 Å². The fraction of sp³-hybridized carbons (Fsp3) is 0.0488. The number of para-hydroxylation sites is 3. The third-order valence-electron chi connectivity index (χ3n) is 8.83. The van der Waals surface area contributed by atoms with Gasteiger partial charge in [0.1, 0.15) is 11.3 Å². The van der Waals surface area contributed by atoms with Crippen molar-refractivity contribution in [2.24, 2.45) is 0 Å². The predicted octanol–water partition coefficient (Wildman–Crippen LogP) is 10.6. The maximum Gasteiger partial charge on any atom is 0.227 e. The molecular formula is C41H28N4O. The van der Waals surface area contributed by atoms with Crippen molar-refractivity contribution in [2.45, 2.75) is 13.5 Å². The Bertz CT molecular complexity index is 2560. The van der Waals surface area contributed by atoms with Crippen molar-refractivity contribution < 1.29 is 4.42 Å². The van der Waals surface area contributed by atoms with E-state index in [9.17, 15) is 0 Å². The van der Waals surface area contributed by atoms with E-state index in [1.807, 2.05) is 48.5 Å². The number of fused-ring (bicyclic) bond motifs is 6. The molecular weight excluding hydrogens is 564 g/mol. The Balaban J connectivity index is 1.15. The van der Waals surface area contributed by atoms with Gasteiger partial charge in [0.05, 0.1) is 22.2 Å². The van der Waals surface area contributed by atoms with Crippen molar-refractivity contribution in [2.75, 3.05) is 0 Å². The number of aryl methyl sites for hydroxylation is 1. The van der Waals surface area contributed by atoms with Crippen molar-refractivity contribution in [3.05, 3.63) is 140 Å². The van der Waals surface area contributed by atoms with Gasteiger partial charge in [-0.3, -0.25) is 0 Å². The SMILES string of the molecule is CCn1c(-c2cccc(-c3ccc(-c4nc5ccccc5c5c4ccc4oc(-c6ccccc6)nc45)cc3)c2)nc2ccccc21. The van der Waals surface area contributed by atoms with Gasteiger partial charge in [-0.2, -0.15) is 0 Å². The number of pyridine rings is 1. The van der Waals surface area contributed by atoms with E-state index in [1.165, 1.54) is 0 Å². The van der Waals surface area contributed by atoms with Crippen LogP contribution in [0.1, 0.15) is 6.92 Å². The number of rotatable bonds is 5. The molecule has 0 saturated heterocycles. The van der Waals surface area contributed by atoms with Crippen LogP contribution in [-0.4, -0.2) is 19.5 Å². The highest BCUT2D eigenvalue weighted by molar-refractivity contribution is 6.20. The first-order chi connectivity index (χ1) is 22.7. The average Bonchev–Trinajstić information content (AvgIpc) is 3.74. The van der Waals surface area contributed by atoms with Crippen LogP contribution < -0.4 is 0 Å². The van der Waals surface area contributed by atoms with Gasteiger partial charge in [0.25, 0.3) is 0 Å². The van der Waals surface area contributed by atoms with Crippen LogP contribution in [0, 0.1) is 0 Å². The average molecular weight is 593 g/mol. The van der Waals surface area contributed by atoms with Gasteiger partial charge < -0.3 is 8.98 Å². The smallest absolute Gasteiger partial charge is 0.227 e. The molecule has 0 unspecified atom stereocenters. The lowest BCUT2D eigenvalue weighted by molar-refractivity contribution is 0.620. The Kier molecular flexibility index (Phi) is 6.03. The lowest BCUT2D eigenvalue weighted by atomic mass is 9.97. The second-order valence-corrected chi connectivity index (χ2v) is 11.5. The predicted molar refractivity (Wildman–Crippen MR) is 188 cm³/mol. The summed E-state index contributed by atoms with van der Waals surface area (Å²) in [5.41, 5.74) is 11.0. The molecule has 218 valence electrons. The third-order valence-corrected chi connectivity index (χ3v) is 8.83. The minimum Gasteiger partial charge on any atom is -0.436 e. The van der Waals surface area contributed by atoms with Gasteiger partial charge in [-0.05, 0) is 66.6 Å². The molecule has 5 nitrogen and oxygen atoms in total. The zero-order chi connectivity index (χ0) is 30.6. The van der Waals surface area contributed by atoms with E-state index >= 15 is 0 Å². The molecule has 0 bridgehead atoms. The summed E-state index contributed by atoms with van der Waals surface area (Å²) in [7, 11) is 0. The number of hydrogen-bond acceptors (Lipinski definition) is 4. The van der Waals surface area contributed by atoms with Gasteiger partial charge in [0, 0.05) is 39.4 Å². The molecule has 9 aromatic rings. The Morgan fingerprint density at radius 1 is 0.543 bits per heavy atom. The molecule has 0 spiro atoms. The van der Waals surface area contributed by atoms with E-state index < -0.39 is 0 Å². The molecule has 0 amide bonds. The normalized spacial score (nSPS) is 11.7. The van der Waals surface area contributed by atoms with Crippen LogP contribution in [0.15, 0.2) is 144 Å². The molecule has 0 N–H and O–H groups in total. The number of hydrogen-bond donors (Lipinski definition) is 0. The van der Waals surface area contributed by atoms with Gasteiger partial charge in [-0.1, -0.05) is 91.0 Å². The molecule has 9 rings (SSSR count). The lowest BCUT2D eigenvalue weighted by Gasteiger charge is -2.12. The summed E-state index contributed by atoms with van der Waals surface area (Å²) in [6.07, 6.45) is 0. The Morgan fingerprint density at radius 2 is 1.26 bits per heavy atom. The van der Waals surface area contributed by atoms with Crippen molar-refractivity contribution in [3.63, 3.8) is 0 Å². The molecule has 0 fully saturated rings. The van der Waals surface area contributed by atoms with Crippen molar-refractivity contribution in [1.29, 1.82) is 0 Å². The topological polar surface area (TPSA) is 56.7 Å². The maximum atomic E-state index is 6.26. The van der Waals surface area contributed by atoms with Crippen molar-refractivity contribution >= 4 is 43.8 Å². The Labute approximate surface area is 265 Å². The van der Waals surface area contributed by atoms with Crippen LogP contribution in [0.2, 0.25) is 0 Å². The maximum absolute atomic E-state index is 6.26. The molecule has 0 atom stereocenters. The monoisotopic (exact) mass is 592 g/mol. The zero-order valence-corrected chi connectivity index (χ0v) is 25.2. The van der Waals surface area contributed by atoms with Gasteiger partial charge in [-0.25, -0.2) is 15.0 Å². The van der Waals surface area contributed by atoms with Gasteiger partial charge in [-0.15, -0.1) is 0 Å². The van der Waals surface area contributed by atoms with Crippen LogP contribution in [0.4, 0.5) is 0 Å². The fourth-order valence-electron chi connectivity index (χ4n) is 6.63. The minimum absolute atomic E-state index is 0.617. The van der Waals surface area contributed by atoms with E-state index in [0.717, 1.165) is 89.7 Å². The minimum atomic E-state index is 0.617. The second-order valence-electron chi connectivity index (χ2n) is 11.5. The van der Waals surface area contributed by atoms with Crippen LogP contribution in [0.25, 0.3) is 89.0 Å². The van der Waals surface area contributed by atoms with Crippen LogP contribution >= 0.6 is 0 Å². The highest BCUT2D eigenvalue weighted by Crippen LogP contribution is 2.39. The molecule has 0 radical (unpaired) electrons. The van der Waals surface area contributed by atoms with Crippen LogP contribution in [-0.2, 0) is 6.54 Å². The Hall–Kier alpha value is -6.07. The quantitative estimate of drug-likeness (QED) is 0.187. The molecule has 46 heavy (non-hydrogen) atoms. The molecule has 0 aliphatic rings. The van der Waals surface area contributed by atoms with E-state index in [2.05, 4.69) is 102 Å².